The van der Waals surface area contributed by atoms with E-state index in [1.165, 1.54) is 12.1 Å². The zero-order valence-corrected chi connectivity index (χ0v) is 10.3. The highest BCUT2D eigenvalue weighted by Gasteiger charge is 2.15. The monoisotopic (exact) mass is 266 g/mol. The van der Waals surface area contributed by atoms with Crippen LogP contribution in [0.2, 0.25) is 0 Å². The molecule has 0 unspecified atom stereocenters. The highest BCUT2D eigenvalue weighted by Crippen LogP contribution is 2.19. The Morgan fingerprint density at radius 1 is 1.37 bits per heavy atom. The summed E-state index contributed by atoms with van der Waals surface area (Å²) < 4.78 is 0. The summed E-state index contributed by atoms with van der Waals surface area (Å²) in [5, 5.41) is 10.6. The molecular formula is C11H14N4O4. The van der Waals surface area contributed by atoms with E-state index in [4.69, 9.17) is 5.73 Å². The summed E-state index contributed by atoms with van der Waals surface area (Å²) in [6.45, 7) is 1.82. The van der Waals surface area contributed by atoms with Gasteiger partial charge in [0, 0.05) is 24.2 Å². The second kappa shape index (κ2) is 6.34. The average molecular weight is 266 g/mol. The molecule has 0 spiro atoms. The fourth-order valence-corrected chi connectivity index (χ4v) is 1.34. The molecule has 1 aromatic rings. The van der Waals surface area contributed by atoms with Gasteiger partial charge in [-0.3, -0.25) is 30.6 Å². The number of rotatable bonds is 4. The second-order valence-corrected chi connectivity index (χ2v) is 3.78. The van der Waals surface area contributed by atoms with Crippen molar-refractivity contribution >= 4 is 23.2 Å². The first-order valence-corrected chi connectivity index (χ1v) is 5.58. The number of carbonyl (C=O) groups is 2. The van der Waals surface area contributed by atoms with Gasteiger partial charge in [-0.25, -0.2) is 0 Å². The van der Waals surface area contributed by atoms with Crippen molar-refractivity contribution in [3.8, 4) is 0 Å². The lowest BCUT2D eigenvalue weighted by Crippen LogP contribution is -2.41. The van der Waals surface area contributed by atoms with Crippen molar-refractivity contribution in [2.75, 3.05) is 5.73 Å². The summed E-state index contributed by atoms with van der Waals surface area (Å²) in [6.07, 6.45) is 0.908. The number of nitrogens with two attached hydrogens (primary N) is 1. The van der Waals surface area contributed by atoms with Gasteiger partial charge in [0.05, 0.1) is 10.5 Å². The molecule has 0 saturated heterocycles. The molecule has 0 saturated carbocycles. The Morgan fingerprint density at radius 2 is 2.05 bits per heavy atom. The Balaban J connectivity index is 2.79. The number of nitrogens with one attached hydrogen (secondary N) is 2. The molecule has 2 amide bonds. The maximum absolute atomic E-state index is 11.7. The first-order chi connectivity index (χ1) is 8.95. The largest absolute Gasteiger partial charge is 0.398 e. The molecule has 0 heterocycles. The van der Waals surface area contributed by atoms with Gasteiger partial charge in [-0.2, -0.15) is 0 Å². The number of nitrogen functional groups attached to an aromatic ring is 1. The van der Waals surface area contributed by atoms with Crippen molar-refractivity contribution in [2.45, 2.75) is 19.8 Å². The third kappa shape index (κ3) is 3.95. The van der Waals surface area contributed by atoms with E-state index < -0.39 is 10.8 Å². The van der Waals surface area contributed by atoms with Crippen molar-refractivity contribution < 1.29 is 14.5 Å². The third-order valence-electron chi connectivity index (χ3n) is 2.28. The number of nitro benzene ring substituents is 1. The van der Waals surface area contributed by atoms with Crippen molar-refractivity contribution in [3.05, 3.63) is 33.9 Å². The van der Waals surface area contributed by atoms with E-state index in [2.05, 4.69) is 10.9 Å². The molecule has 102 valence electrons. The van der Waals surface area contributed by atoms with E-state index in [1.54, 1.807) is 0 Å². The lowest BCUT2D eigenvalue weighted by molar-refractivity contribution is -0.384. The molecule has 0 aliphatic rings. The van der Waals surface area contributed by atoms with Crippen LogP contribution in [-0.4, -0.2) is 16.7 Å². The molecule has 0 fully saturated rings. The zero-order valence-electron chi connectivity index (χ0n) is 10.3. The molecule has 4 N–H and O–H groups in total. The average Bonchev–Trinajstić information content (AvgIpc) is 2.36. The topological polar surface area (TPSA) is 127 Å². The second-order valence-electron chi connectivity index (χ2n) is 3.78. The summed E-state index contributed by atoms with van der Waals surface area (Å²) in [5.74, 6) is -1.05. The molecule has 0 aliphatic carbocycles. The summed E-state index contributed by atoms with van der Waals surface area (Å²) in [7, 11) is 0. The third-order valence-corrected chi connectivity index (χ3v) is 2.28. The summed E-state index contributed by atoms with van der Waals surface area (Å²) >= 11 is 0. The van der Waals surface area contributed by atoms with E-state index in [1.807, 2.05) is 6.92 Å². The van der Waals surface area contributed by atoms with E-state index >= 15 is 0 Å². The van der Waals surface area contributed by atoms with Crippen molar-refractivity contribution in [1.82, 2.24) is 10.9 Å². The van der Waals surface area contributed by atoms with Crippen LogP contribution in [0.4, 0.5) is 11.4 Å². The minimum atomic E-state index is -0.703. The lowest BCUT2D eigenvalue weighted by atomic mass is 10.1. The number of hydrogen-bond donors (Lipinski definition) is 3. The van der Waals surface area contributed by atoms with Crippen LogP contribution in [0, 0.1) is 10.1 Å². The van der Waals surface area contributed by atoms with Gasteiger partial charge in [0.15, 0.2) is 0 Å². The van der Waals surface area contributed by atoms with Gasteiger partial charge in [0.2, 0.25) is 5.91 Å². The molecule has 0 aromatic heterocycles. The van der Waals surface area contributed by atoms with Crippen LogP contribution in [0.25, 0.3) is 0 Å². The molecule has 1 rings (SSSR count). The van der Waals surface area contributed by atoms with Gasteiger partial charge in [0.25, 0.3) is 11.6 Å². The van der Waals surface area contributed by atoms with Crippen LogP contribution < -0.4 is 16.6 Å². The van der Waals surface area contributed by atoms with Crippen molar-refractivity contribution in [3.63, 3.8) is 0 Å². The highest BCUT2D eigenvalue weighted by atomic mass is 16.6. The maximum Gasteiger partial charge on any atom is 0.272 e. The summed E-state index contributed by atoms with van der Waals surface area (Å²) in [4.78, 5) is 32.9. The fraction of sp³-hybridized carbons (Fsp3) is 0.273. The van der Waals surface area contributed by atoms with Gasteiger partial charge in [-0.1, -0.05) is 6.92 Å². The summed E-state index contributed by atoms with van der Waals surface area (Å²) in [5.41, 5.74) is 9.68. The maximum atomic E-state index is 11.7. The standard InChI is InChI=1S/C11H14N4O4/c1-2-3-10(16)13-14-11(17)8-6-7(15(18)19)4-5-9(8)12/h4-6H,2-3,12H2,1H3,(H,13,16)(H,14,17). The van der Waals surface area contributed by atoms with Crippen LogP contribution >= 0.6 is 0 Å². The van der Waals surface area contributed by atoms with Crippen LogP contribution in [-0.2, 0) is 4.79 Å². The molecular weight excluding hydrogens is 252 g/mol. The normalized spacial score (nSPS) is 9.74. The predicted octanol–water partition coefficient (Wildman–Crippen LogP) is 0.738. The molecule has 0 atom stereocenters. The number of carbonyl (C=O) groups excluding carboxylic acids is 2. The quantitative estimate of drug-likeness (QED) is 0.420. The van der Waals surface area contributed by atoms with Crippen molar-refractivity contribution in [2.24, 2.45) is 0 Å². The lowest BCUT2D eigenvalue weighted by Gasteiger charge is -2.08. The number of hydrazine groups is 1. The molecule has 0 radical (unpaired) electrons. The van der Waals surface area contributed by atoms with E-state index in [9.17, 15) is 19.7 Å². The Morgan fingerprint density at radius 3 is 2.63 bits per heavy atom. The van der Waals surface area contributed by atoms with Crippen LogP contribution in [0.5, 0.6) is 0 Å². The fourth-order valence-electron chi connectivity index (χ4n) is 1.34. The van der Waals surface area contributed by atoms with Gasteiger partial charge >= 0.3 is 0 Å². The van der Waals surface area contributed by atoms with E-state index in [0.29, 0.717) is 6.42 Å². The smallest absolute Gasteiger partial charge is 0.272 e. The number of benzene rings is 1. The number of non-ortho nitro benzene ring substituents is 1. The van der Waals surface area contributed by atoms with E-state index in [0.717, 1.165) is 6.07 Å². The Kier molecular flexibility index (Phi) is 4.81. The van der Waals surface area contributed by atoms with Crippen LogP contribution in [0.15, 0.2) is 18.2 Å². The molecule has 19 heavy (non-hydrogen) atoms. The molecule has 8 nitrogen and oxygen atoms in total. The number of anilines is 1. The molecule has 0 bridgehead atoms. The molecule has 1 aromatic carbocycles. The Bertz CT molecular complexity index is 515. The van der Waals surface area contributed by atoms with Crippen molar-refractivity contribution in [1.29, 1.82) is 0 Å². The molecule has 0 aliphatic heterocycles. The van der Waals surface area contributed by atoms with Crippen LogP contribution in [0.3, 0.4) is 0 Å². The number of nitrogens with zero attached hydrogens (tertiary/aromatic N) is 1. The van der Waals surface area contributed by atoms with E-state index in [-0.39, 0.29) is 29.3 Å². The van der Waals surface area contributed by atoms with Gasteiger partial charge in [0.1, 0.15) is 0 Å². The first kappa shape index (κ1) is 14.4. The summed E-state index contributed by atoms with van der Waals surface area (Å²) in [6, 6.07) is 3.51. The van der Waals surface area contributed by atoms with Crippen LogP contribution in [0.1, 0.15) is 30.1 Å². The highest BCUT2D eigenvalue weighted by molar-refractivity contribution is 6.00. The minimum absolute atomic E-state index is 0.0639. The van der Waals surface area contributed by atoms with Gasteiger partial charge < -0.3 is 5.73 Å². The number of nitro groups is 1. The Labute approximate surface area is 109 Å². The van der Waals surface area contributed by atoms with Gasteiger partial charge in [-0.15, -0.1) is 0 Å². The first-order valence-electron chi connectivity index (χ1n) is 5.58. The predicted molar refractivity (Wildman–Crippen MR) is 68.0 cm³/mol. The SMILES string of the molecule is CCCC(=O)NNC(=O)c1cc([N+](=O)[O-])ccc1N. The number of amides is 2. The Hall–Kier alpha value is -2.64. The number of hydrogen-bond acceptors (Lipinski definition) is 5. The van der Waals surface area contributed by atoms with Gasteiger partial charge in [-0.05, 0) is 12.5 Å². The molecule has 8 heteroatoms. The minimum Gasteiger partial charge on any atom is -0.398 e. The zero-order chi connectivity index (χ0) is 14.4.